The summed E-state index contributed by atoms with van der Waals surface area (Å²) >= 11 is 0. The number of benzene rings is 1. The largest absolute Gasteiger partial charge is 0.366 e. The molecule has 5 nitrogen and oxygen atoms in total. The molecular weight excluding hydrogens is 259 g/mol. The molecule has 0 radical (unpaired) electrons. The molecule has 1 aromatic carbocycles. The molecule has 1 heterocycles. The molecule has 0 atom stereocenters. The number of primary amides is 1. The van der Waals surface area contributed by atoms with Crippen molar-refractivity contribution in [1.82, 2.24) is 15.1 Å². The first-order valence-corrected chi connectivity index (χ1v) is 6.32. The molecule has 0 spiro atoms. The Morgan fingerprint density at radius 1 is 1.50 bits per heavy atom. The van der Waals surface area contributed by atoms with E-state index >= 15 is 0 Å². The third-order valence-corrected chi connectivity index (χ3v) is 2.99. The van der Waals surface area contributed by atoms with Crippen LogP contribution >= 0.6 is 0 Å². The highest BCUT2D eigenvalue weighted by Gasteiger charge is 2.06. The summed E-state index contributed by atoms with van der Waals surface area (Å²) in [5.41, 5.74) is 7.04. The molecule has 0 aliphatic carbocycles. The smallest absolute Gasteiger partial charge is 0.248 e. The minimum absolute atomic E-state index is 0.315. The maximum Gasteiger partial charge on any atom is 0.248 e. The van der Waals surface area contributed by atoms with E-state index in [0.29, 0.717) is 24.2 Å². The number of hydrogen-bond acceptors (Lipinski definition) is 3. The summed E-state index contributed by atoms with van der Waals surface area (Å²) in [6.07, 6.45) is 4.55. The van der Waals surface area contributed by atoms with Crippen molar-refractivity contribution < 1.29 is 9.18 Å². The van der Waals surface area contributed by atoms with Gasteiger partial charge in [-0.3, -0.25) is 9.48 Å². The predicted octanol–water partition coefficient (Wildman–Crippen LogP) is 0.990. The average Bonchev–Trinajstić information content (AvgIpc) is 2.82. The Bertz CT molecular complexity index is 609. The zero-order valence-electron chi connectivity index (χ0n) is 11.3. The Morgan fingerprint density at radius 2 is 2.30 bits per heavy atom. The molecule has 0 unspecified atom stereocenters. The van der Waals surface area contributed by atoms with Crippen LogP contribution in [-0.2, 0) is 20.0 Å². The minimum atomic E-state index is -0.554. The van der Waals surface area contributed by atoms with Crippen molar-refractivity contribution in [2.24, 2.45) is 12.8 Å². The molecule has 0 saturated heterocycles. The summed E-state index contributed by atoms with van der Waals surface area (Å²) in [6.45, 7) is 1.05. The maximum absolute atomic E-state index is 13.6. The highest BCUT2D eigenvalue weighted by atomic mass is 19.1. The number of nitrogens with one attached hydrogen (secondary N) is 1. The van der Waals surface area contributed by atoms with Gasteiger partial charge in [0, 0.05) is 30.9 Å². The molecule has 0 saturated carbocycles. The number of nitrogens with zero attached hydrogens (tertiary/aromatic N) is 2. The lowest BCUT2D eigenvalue weighted by Gasteiger charge is -2.06. The van der Waals surface area contributed by atoms with Gasteiger partial charge in [-0.1, -0.05) is 0 Å². The normalized spacial score (nSPS) is 10.7. The maximum atomic E-state index is 13.6. The van der Waals surface area contributed by atoms with Crippen LogP contribution in [0.15, 0.2) is 30.6 Å². The SMILES string of the molecule is Cn1cc(CCNCc2cc(C(N)=O)ccc2F)cn1. The molecule has 106 valence electrons. The molecule has 0 aliphatic rings. The Balaban J connectivity index is 1.87. The van der Waals surface area contributed by atoms with Crippen LogP contribution in [0.2, 0.25) is 0 Å². The van der Waals surface area contributed by atoms with E-state index < -0.39 is 5.91 Å². The van der Waals surface area contributed by atoms with Gasteiger partial charge in [0.05, 0.1) is 6.20 Å². The number of carbonyl (C=O) groups excluding carboxylic acids is 1. The van der Waals surface area contributed by atoms with Crippen LogP contribution < -0.4 is 11.1 Å². The number of amides is 1. The Morgan fingerprint density at radius 3 is 2.95 bits per heavy atom. The lowest BCUT2D eigenvalue weighted by atomic mass is 10.1. The number of rotatable bonds is 6. The van der Waals surface area contributed by atoms with Gasteiger partial charge < -0.3 is 11.1 Å². The van der Waals surface area contributed by atoms with E-state index in [9.17, 15) is 9.18 Å². The second-order valence-electron chi connectivity index (χ2n) is 4.62. The highest BCUT2D eigenvalue weighted by molar-refractivity contribution is 5.92. The molecule has 1 aromatic heterocycles. The lowest BCUT2D eigenvalue weighted by molar-refractivity contribution is 0.1000. The topological polar surface area (TPSA) is 72.9 Å². The van der Waals surface area contributed by atoms with Crippen molar-refractivity contribution in [3.63, 3.8) is 0 Å². The third kappa shape index (κ3) is 3.64. The summed E-state index contributed by atoms with van der Waals surface area (Å²) in [7, 11) is 1.86. The molecule has 0 bridgehead atoms. The second-order valence-corrected chi connectivity index (χ2v) is 4.62. The van der Waals surface area contributed by atoms with Crippen molar-refractivity contribution in [3.8, 4) is 0 Å². The number of carbonyl (C=O) groups is 1. The van der Waals surface area contributed by atoms with Crippen molar-refractivity contribution in [3.05, 3.63) is 53.1 Å². The van der Waals surface area contributed by atoms with Gasteiger partial charge in [0.15, 0.2) is 0 Å². The first-order valence-electron chi connectivity index (χ1n) is 6.32. The van der Waals surface area contributed by atoms with Gasteiger partial charge in [0.1, 0.15) is 5.82 Å². The van der Waals surface area contributed by atoms with Crippen LogP contribution in [0.4, 0.5) is 4.39 Å². The van der Waals surface area contributed by atoms with Crippen LogP contribution in [0.5, 0.6) is 0 Å². The van der Waals surface area contributed by atoms with Gasteiger partial charge in [0.25, 0.3) is 0 Å². The highest BCUT2D eigenvalue weighted by Crippen LogP contribution is 2.10. The number of nitrogens with two attached hydrogens (primary N) is 1. The molecule has 0 aliphatic heterocycles. The lowest BCUT2D eigenvalue weighted by Crippen LogP contribution is -2.18. The van der Waals surface area contributed by atoms with E-state index in [4.69, 9.17) is 5.73 Å². The van der Waals surface area contributed by atoms with Gasteiger partial charge >= 0.3 is 0 Å². The van der Waals surface area contributed by atoms with Crippen molar-refractivity contribution in [1.29, 1.82) is 0 Å². The number of halogens is 1. The van der Waals surface area contributed by atoms with Gasteiger partial charge in [-0.25, -0.2) is 4.39 Å². The Kier molecular flexibility index (Phi) is 4.47. The molecule has 2 rings (SSSR count). The fourth-order valence-electron chi connectivity index (χ4n) is 1.92. The van der Waals surface area contributed by atoms with Crippen molar-refractivity contribution >= 4 is 5.91 Å². The van der Waals surface area contributed by atoms with Crippen LogP contribution in [0, 0.1) is 5.82 Å². The molecule has 1 amide bonds. The Hall–Kier alpha value is -2.21. The summed E-state index contributed by atoms with van der Waals surface area (Å²) in [4.78, 5) is 11.1. The average molecular weight is 276 g/mol. The first kappa shape index (κ1) is 14.2. The van der Waals surface area contributed by atoms with E-state index in [-0.39, 0.29) is 5.82 Å². The van der Waals surface area contributed by atoms with Crippen LogP contribution in [-0.4, -0.2) is 22.2 Å². The first-order chi connectivity index (χ1) is 9.56. The summed E-state index contributed by atoms with van der Waals surface area (Å²) in [5.74, 6) is -0.898. The van der Waals surface area contributed by atoms with E-state index in [0.717, 1.165) is 12.0 Å². The fraction of sp³-hybridized carbons (Fsp3) is 0.286. The monoisotopic (exact) mass is 276 g/mol. The third-order valence-electron chi connectivity index (χ3n) is 2.99. The standard InChI is InChI=1S/C14H17FN4O/c1-19-9-10(7-18-19)4-5-17-8-12-6-11(14(16)20)2-3-13(12)15/h2-3,6-7,9,17H,4-5,8H2,1H3,(H2,16,20). The molecular formula is C14H17FN4O. The van der Waals surface area contributed by atoms with E-state index in [1.165, 1.54) is 18.2 Å². The molecule has 20 heavy (non-hydrogen) atoms. The zero-order valence-corrected chi connectivity index (χ0v) is 11.3. The number of hydrogen-bond donors (Lipinski definition) is 2. The van der Waals surface area contributed by atoms with E-state index in [2.05, 4.69) is 10.4 Å². The van der Waals surface area contributed by atoms with Crippen LogP contribution in [0.3, 0.4) is 0 Å². The second kappa shape index (κ2) is 6.29. The zero-order chi connectivity index (χ0) is 14.5. The van der Waals surface area contributed by atoms with E-state index in [1.807, 2.05) is 13.2 Å². The summed E-state index contributed by atoms with van der Waals surface area (Å²) < 4.78 is 15.3. The minimum Gasteiger partial charge on any atom is -0.366 e. The quantitative estimate of drug-likeness (QED) is 0.773. The van der Waals surface area contributed by atoms with Gasteiger partial charge in [-0.05, 0) is 36.7 Å². The van der Waals surface area contributed by atoms with Crippen LogP contribution in [0.25, 0.3) is 0 Å². The molecule has 0 fully saturated rings. The predicted molar refractivity (Wildman–Crippen MR) is 73.5 cm³/mol. The number of aromatic nitrogens is 2. The van der Waals surface area contributed by atoms with Crippen molar-refractivity contribution in [2.75, 3.05) is 6.54 Å². The van der Waals surface area contributed by atoms with Gasteiger partial charge in [0.2, 0.25) is 5.91 Å². The van der Waals surface area contributed by atoms with Crippen LogP contribution in [0.1, 0.15) is 21.5 Å². The molecule has 6 heteroatoms. The van der Waals surface area contributed by atoms with Gasteiger partial charge in [-0.2, -0.15) is 5.10 Å². The van der Waals surface area contributed by atoms with Gasteiger partial charge in [-0.15, -0.1) is 0 Å². The summed E-state index contributed by atoms with van der Waals surface area (Å²) in [6, 6.07) is 4.13. The summed E-state index contributed by atoms with van der Waals surface area (Å²) in [5, 5.41) is 7.21. The van der Waals surface area contributed by atoms with Crippen molar-refractivity contribution in [2.45, 2.75) is 13.0 Å². The fourth-order valence-corrected chi connectivity index (χ4v) is 1.92. The Labute approximate surface area is 116 Å². The van der Waals surface area contributed by atoms with E-state index in [1.54, 1.807) is 10.9 Å². The molecule has 2 aromatic rings. The number of aryl methyl sites for hydroxylation is 1. The molecule has 3 N–H and O–H groups in total.